The number of methoxy groups -OCH3 is 1. The summed E-state index contributed by atoms with van der Waals surface area (Å²) in [4.78, 5) is 6.88. The van der Waals surface area contributed by atoms with E-state index in [1.807, 2.05) is 0 Å². The summed E-state index contributed by atoms with van der Waals surface area (Å²) in [5.74, 6) is 0.465. The van der Waals surface area contributed by atoms with Crippen LogP contribution in [0.25, 0.3) is 0 Å². The second kappa shape index (κ2) is 9.39. The van der Waals surface area contributed by atoms with Gasteiger partial charge in [0, 0.05) is 30.5 Å². The second-order valence-electron chi connectivity index (χ2n) is 5.30. The molecule has 24 heavy (non-hydrogen) atoms. The molecule has 1 aromatic carbocycles. The third kappa shape index (κ3) is 5.32. The first-order valence-corrected chi connectivity index (χ1v) is 8.78. The standard InChI is InChI=1S/C18H24FN3OS/c1-4-15-9-10-16(24-15)11-21-18(20-2)22-12-17(23-3)13-5-7-14(19)8-6-13/h5-10,17H,4,11-12H2,1-3H3,(H2,20,21,22). The third-order valence-corrected chi connectivity index (χ3v) is 4.93. The number of rotatable bonds is 7. The number of thiophene rings is 1. The van der Waals surface area contributed by atoms with Crippen LogP contribution in [-0.2, 0) is 17.7 Å². The van der Waals surface area contributed by atoms with Gasteiger partial charge in [-0.15, -0.1) is 11.3 Å². The fourth-order valence-corrected chi connectivity index (χ4v) is 3.20. The van der Waals surface area contributed by atoms with Crippen molar-refractivity contribution in [1.82, 2.24) is 10.6 Å². The van der Waals surface area contributed by atoms with Gasteiger partial charge in [-0.25, -0.2) is 4.39 Å². The number of hydrogen-bond acceptors (Lipinski definition) is 3. The number of benzene rings is 1. The molecule has 0 aliphatic heterocycles. The van der Waals surface area contributed by atoms with E-state index in [1.54, 1.807) is 37.6 Å². The summed E-state index contributed by atoms with van der Waals surface area (Å²) in [6, 6.07) is 10.7. The number of aliphatic imine (C=N–C) groups is 1. The van der Waals surface area contributed by atoms with Gasteiger partial charge in [0.25, 0.3) is 0 Å². The molecule has 1 unspecified atom stereocenters. The van der Waals surface area contributed by atoms with Gasteiger partial charge in [0.15, 0.2) is 5.96 Å². The Morgan fingerprint density at radius 2 is 1.88 bits per heavy atom. The van der Waals surface area contributed by atoms with E-state index in [4.69, 9.17) is 4.74 Å². The number of nitrogens with one attached hydrogen (secondary N) is 2. The maximum absolute atomic E-state index is 13.0. The first-order chi connectivity index (χ1) is 11.7. The Balaban J connectivity index is 1.86. The molecule has 0 bridgehead atoms. The second-order valence-corrected chi connectivity index (χ2v) is 6.56. The summed E-state index contributed by atoms with van der Waals surface area (Å²) in [6.45, 7) is 3.44. The van der Waals surface area contributed by atoms with Crippen molar-refractivity contribution in [3.63, 3.8) is 0 Å². The van der Waals surface area contributed by atoms with E-state index < -0.39 is 0 Å². The number of hydrogen-bond donors (Lipinski definition) is 2. The molecular formula is C18H24FN3OS. The predicted octanol–water partition coefficient (Wildman–Crippen LogP) is 3.50. The van der Waals surface area contributed by atoms with E-state index in [-0.39, 0.29) is 11.9 Å². The molecule has 0 radical (unpaired) electrons. The van der Waals surface area contributed by atoms with E-state index in [1.165, 1.54) is 21.9 Å². The highest BCUT2D eigenvalue weighted by Gasteiger charge is 2.11. The molecule has 0 saturated heterocycles. The summed E-state index contributed by atoms with van der Waals surface area (Å²) in [7, 11) is 3.38. The molecule has 0 amide bonds. The molecule has 130 valence electrons. The average molecular weight is 349 g/mol. The minimum Gasteiger partial charge on any atom is -0.375 e. The fraction of sp³-hybridized carbons (Fsp3) is 0.389. The Labute approximate surface area is 146 Å². The van der Waals surface area contributed by atoms with Crippen molar-refractivity contribution in [3.05, 3.63) is 57.5 Å². The van der Waals surface area contributed by atoms with Gasteiger partial charge in [-0.2, -0.15) is 0 Å². The zero-order valence-electron chi connectivity index (χ0n) is 14.3. The van der Waals surface area contributed by atoms with Crippen LogP contribution in [0.15, 0.2) is 41.4 Å². The van der Waals surface area contributed by atoms with Crippen molar-refractivity contribution in [2.75, 3.05) is 20.7 Å². The van der Waals surface area contributed by atoms with Gasteiger partial charge in [-0.3, -0.25) is 4.99 Å². The molecule has 1 heterocycles. The quantitative estimate of drug-likeness (QED) is 0.594. The third-order valence-electron chi connectivity index (χ3n) is 3.70. The minimum absolute atomic E-state index is 0.169. The molecular weight excluding hydrogens is 325 g/mol. The summed E-state index contributed by atoms with van der Waals surface area (Å²) >= 11 is 1.81. The van der Waals surface area contributed by atoms with Crippen molar-refractivity contribution in [1.29, 1.82) is 0 Å². The maximum Gasteiger partial charge on any atom is 0.191 e. The molecule has 6 heteroatoms. The molecule has 0 fully saturated rings. The number of guanidine groups is 1. The molecule has 0 aliphatic carbocycles. The van der Waals surface area contributed by atoms with Gasteiger partial charge in [-0.1, -0.05) is 19.1 Å². The Kier molecular flexibility index (Phi) is 7.21. The Hall–Kier alpha value is -1.92. The molecule has 2 N–H and O–H groups in total. The first-order valence-electron chi connectivity index (χ1n) is 7.96. The highest BCUT2D eigenvalue weighted by molar-refractivity contribution is 7.11. The van der Waals surface area contributed by atoms with E-state index in [9.17, 15) is 4.39 Å². The number of nitrogens with zero attached hydrogens (tertiary/aromatic N) is 1. The number of halogens is 1. The summed E-state index contributed by atoms with van der Waals surface area (Å²) in [5.41, 5.74) is 0.924. The van der Waals surface area contributed by atoms with Crippen LogP contribution in [0.3, 0.4) is 0 Å². The van der Waals surface area contributed by atoms with Crippen molar-refractivity contribution < 1.29 is 9.13 Å². The molecule has 0 spiro atoms. The van der Waals surface area contributed by atoms with Gasteiger partial charge in [-0.05, 0) is 36.2 Å². The largest absolute Gasteiger partial charge is 0.375 e. The zero-order chi connectivity index (χ0) is 17.4. The lowest BCUT2D eigenvalue weighted by atomic mass is 10.1. The normalized spacial score (nSPS) is 12.9. The highest BCUT2D eigenvalue weighted by atomic mass is 32.1. The SMILES string of the molecule is CCc1ccc(CNC(=NC)NCC(OC)c2ccc(F)cc2)s1. The monoisotopic (exact) mass is 349 g/mol. The van der Waals surface area contributed by atoms with Crippen molar-refractivity contribution in [3.8, 4) is 0 Å². The number of ether oxygens (including phenoxy) is 1. The van der Waals surface area contributed by atoms with Crippen molar-refractivity contribution in [2.24, 2.45) is 4.99 Å². The summed E-state index contributed by atoms with van der Waals surface area (Å²) < 4.78 is 18.5. The van der Waals surface area contributed by atoms with Gasteiger partial charge in [0.2, 0.25) is 0 Å². The summed E-state index contributed by atoms with van der Waals surface area (Å²) in [5, 5.41) is 6.55. The lowest BCUT2D eigenvalue weighted by molar-refractivity contribution is 0.106. The zero-order valence-corrected chi connectivity index (χ0v) is 15.1. The average Bonchev–Trinajstić information content (AvgIpc) is 3.07. The van der Waals surface area contributed by atoms with Gasteiger partial charge in [0.1, 0.15) is 5.82 Å². The van der Waals surface area contributed by atoms with Gasteiger partial charge < -0.3 is 15.4 Å². The van der Waals surface area contributed by atoms with Crippen LogP contribution < -0.4 is 10.6 Å². The lowest BCUT2D eigenvalue weighted by Gasteiger charge is -2.18. The highest BCUT2D eigenvalue weighted by Crippen LogP contribution is 2.17. The van der Waals surface area contributed by atoms with Crippen LogP contribution in [-0.4, -0.2) is 26.7 Å². The van der Waals surface area contributed by atoms with Crippen molar-refractivity contribution in [2.45, 2.75) is 26.0 Å². The van der Waals surface area contributed by atoms with Gasteiger partial charge in [0.05, 0.1) is 12.6 Å². The van der Waals surface area contributed by atoms with Crippen molar-refractivity contribution >= 4 is 17.3 Å². The Bertz CT molecular complexity index is 655. The molecule has 4 nitrogen and oxygen atoms in total. The van der Waals surface area contributed by atoms with Crippen LogP contribution in [0.1, 0.15) is 28.3 Å². The fourth-order valence-electron chi connectivity index (χ4n) is 2.30. The van der Waals surface area contributed by atoms with Crippen LogP contribution in [0.5, 0.6) is 0 Å². The number of aryl methyl sites for hydroxylation is 1. The minimum atomic E-state index is -0.249. The molecule has 1 atom stereocenters. The topological polar surface area (TPSA) is 45.7 Å². The van der Waals surface area contributed by atoms with E-state index in [0.717, 1.165) is 18.5 Å². The first kappa shape index (κ1) is 18.4. The predicted molar refractivity (Wildman–Crippen MR) is 98.0 cm³/mol. The van der Waals surface area contributed by atoms with Crippen LogP contribution in [0.2, 0.25) is 0 Å². The molecule has 1 aromatic heterocycles. The molecule has 0 aliphatic rings. The molecule has 0 saturated carbocycles. The smallest absolute Gasteiger partial charge is 0.191 e. The Morgan fingerprint density at radius 1 is 1.17 bits per heavy atom. The van der Waals surface area contributed by atoms with Crippen LogP contribution in [0, 0.1) is 5.82 Å². The molecule has 2 rings (SSSR count). The van der Waals surface area contributed by atoms with E-state index >= 15 is 0 Å². The van der Waals surface area contributed by atoms with E-state index in [0.29, 0.717) is 12.5 Å². The van der Waals surface area contributed by atoms with Crippen LogP contribution in [0.4, 0.5) is 4.39 Å². The molecule has 2 aromatic rings. The van der Waals surface area contributed by atoms with Crippen LogP contribution >= 0.6 is 11.3 Å². The Morgan fingerprint density at radius 3 is 2.46 bits per heavy atom. The maximum atomic E-state index is 13.0. The summed E-state index contributed by atoms with van der Waals surface area (Å²) in [6.07, 6.45) is 0.891. The lowest BCUT2D eigenvalue weighted by Crippen LogP contribution is -2.39. The van der Waals surface area contributed by atoms with E-state index in [2.05, 4.69) is 34.7 Å². The van der Waals surface area contributed by atoms with Gasteiger partial charge >= 0.3 is 0 Å².